The van der Waals surface area contributed by atoms with Gasteiger partial charge < -0.3 is 19.1 Å². The second kappa shape index (κ2) is 10.5. The SMILES string of the molecule is CCCOc1c(Cl)cc(C(=O)N2CCC(C(=O)c3ccc(OC)cc3)CC2)cc1OC. The summed E-state index contributed by atoms with van der Waals surface area (Å²) in [5.41, 5.74) is 1.12. The van der Waals surface area contributed by atoms with E-state index in [1.807, 2.05) is 6.92 Å². The van der Waals surface area contributed by atoms with Gasteiger partial charge >= 0.3 is 0 Å². The number of methoxy groups -OCH3 is 2. The molecule has 0 aromatic heterocycles. The summed E-state index contributed by atoms with van der Waals surface area (Å²) >= 11 is 6.36. The molecule has 6 nitrogen and oxygen atoms in total. The third kappa shape index (κ3) is 5.31. The van der Waals surface area contributed by atoms with Gasteiger partial charge in [-0.25, -0.2) is 0 Å². The lowest BCUT2D eigenvalue weighted by Gasteiger charge is -2.31. The summed E-state index contributed by atoms with van der Waals surface area (Å²) in [7, 11) is 3.12. The van der Waals surface area contributed by atoms with E-state index in [9.17, 15) is 9.59 Å². The van der Waals surface area contributed by atoms with Gasteiger partial charge in [0.2, 0.25) is 0 Å². The molecule has 166 valence electrons. The number of ketones is 1. The summed E-state index contributed by atoms with van der Waals surface area (Å²) in [6.07, 6.45) is 2.09. The normalized spacial score (nSPS) is 14.3. The van der Waals surface area contributed by atoms with Gasteiger partial charge in [-0.3, -0.25) is 9.59 Å². The average molecular weight is 446 g/mol. The molecule has 0 saturated carbocycles. The molecule has 1 saturated heterocycles. The van der Waals surface area contributed by atoms with E-state index >= 15 is 0 Å². The molecule has 2 aromatic carbocycles. The third-order valence-electron chi connectivity index (χ3n) is 5.45. The molecular weight excluding hydrogens is 418 g/mol. The van der Waals surface area contributed by atoms with Crippen molar-refractivity contribution in [3.63, 3.8) is 0 Å². The lowest BCUT2D eigenvalue weighted by atomic mass is 9.88. The van der Waals surface area contributed by atoms with Crippen LogP contribution < -0.4 is 14.2 Å². The Bertz CT molecular complexity index is 920. The molecule has 1 aliphatic rings. The summed E-state index contributed by atoms with van der Waals surface area (Å²) in [6.45, 7) is 3.54. The molecule has 31 heavy (non-hydrogen) atoms. The zero-order valence-electron chi connectivity index (χ0n) is 18.2. The smallest absolute Gasteiger partial charge is 0.254 e. The van der Waals surface area contributed by atoms with Crippen molar-refractivity contribution >= 4 is 23.3 Å². The Labute approximate surface area is 188 Å². The molecule has 1 fully saturated rings. The Morgan fingerprint density at radius 1 is 1.03 bits per heavy atom. The first-order valence-corrected chi connectivity index (χ1v) is 10.8. The number of ether oxygens (including phenoxy) is 3. The van der Waals surface area contributed by atoms with E-state index < -0.39 is 0 Å². The van der Waals surface area contributed by atoms with Crippen LogP contribution in [0.15, 0.2) is 36.4 Å². The number of Topliss-reactive ketones (excluding diaryl/α,β-unsaturated/α-hetero) is 1. The van der Waals surface area contributed by atoms with Gasteiger partial charge in [-0.15, -0.1) is 0 Å². The molecular formula is C24H28ClNO5. The van der Waals surface area contributed by atoms with Crippen LogP contribution in [0.3, 0.4) is 0 Å². The van der Waals surface area contributed by atoms with Crippen molar-refractivity contribution in [1.82, 2.24) is 4.90 Å². The molecule has 0 aliphatic carbocycles. The van der Waals surface area contributed by atoms with E-state index in [-0.39, 0.29) is 17.6 Å². The number of likely N-dealkylation sites (tertiary alicyclic amines) is 1. The second-order valence-corrected chi connectivity index (χ2v) is 7.90. The summed E-state index contributed by atoms with van der Waals surface area (Å²) in [4.78, 5) is 27.6. The van der Waals surface area contributed by atoms with E-state index in [0.717, 1.165) is 12.2 Å². The maximum atomic E-state index is 13.0. The van der Waals surface area contributed by atoms with Crippen molar-refractivity contribution in [2.24, 2.45) is 5.92 Å². The highest BCUT2D eigenvalue weighted by atomic mass is 35.5. The van der Waals surface area contributed by atoms with Gasteiger partial charge in [0.05, 0.1) is 25.8 Å². The predicted octanol–water partition coefficient (Wildman–Crippen LogP) is 4.88. The van der Waals surface area contributed by atoms with E-state index in [4.69, 9.17) is 25.8 Å². The quantitative estimate of drug-likeness (QED) is 0.542. The van der Waals surface area contributed by atoms with Gasteiger partial charge in [0.1, 0.15) is 5.75 Å². The fraction of sp³-hybridized carbons (Fsp3) is 0.417. The largest absolute Gasteiger partial charge is 0.497 e. The fourth-order valence-electron chi connectivity index (χ4n) is 3.71. The molecule has 0 spiro atoms. The first-order valence-electron chi connectivity index (χ1n) is 10.5. The minimum atomic E-state index is -0.127. The standard InChI is InChI=1S/C24H28ClNO5/c1-4-13-31-23-20(25)14-18(15-21(23)30-3)24(28)26-11-9-17(10-12-26)22(27)16-5-7-19(29-2)8-6-16/h5-8,14-15,17H,4,9-13H2,1-3H3. The van der Waals surface area contributed by atoms with Crippen LogP contribution in [-0.4, -0.2) is 50.5 Å². The van der Waals surface area contributed by atoms with E-state index in [1.165, 1.54) is 7.11 Å². The molecule has 3 rings (SSSR count). The number of benzene rings is 2. The summed E-state index contributed by atoms with van der Waals surface area (Å²) in [5.74, 6) is 1.49. The first kappa shape index (κ1) is 22.9. The topological polar surface area (TPSA) is 65.1 Å². The van der Waals surface area contributed by atoms with Crippen LogP contribution in [-0.2, 0) is 0 Å². The molecule has 0 N–H and O–H groups in total. The lowest BCUT2D eigenvalue weighted by molar-refractivity contribution is 0.0650. The average Bonchev–Trinajstić information content (AvgIpc) is 2.82. The van der Waals surface area contributed by atoms with Gasteiger partial charge in [-0.2, -0.15) is 0 Å². The number of nitrogens with zero attached hydrogens (tertiary/aromatic N) is 1. The Morgan fingerprint density at radius 3 is 2.29 bits per heavy atom. The zero-order chi connectivity index (χ0) is 22.4. The van der Waals surface area contributed by atoms with E-state index in [0.29, 0.717) is 60.2 Å². The maximum Gasteiger partial charge on any atom is 0.254 e. The molecule has 1 amide bonds. The van der Waals surface area contributed by atoms with Gasteiger partial charge in [-0.05, 0) is 55.7 Å². The van der Waals surface area contributed by atoms with Crippen LogP contribution in [0.4, 0.5) is 0 Å². The highest BCUT2D eigenvalue weighted by molar-refractivity contribution is 6.32. The van der Waals surface area contributed by atoms with Crippen molar-refractivity contribution in [1.29, 1.82) is 0 Å². The number of amides is 1. The number of carbonyl (C=O) groups is 2. The van der Waals surface area contributed by atoms with Crippen LogP contribution >= 0.6 is 11.6 Å². The summed E-state index contributed by atoms with van der Waals surface area (Å²) in [6, 6.07) is 10.4. The Hall–Kier alpha value is -2.73. The fourth-order valence-corrected chi connectivity index (χ4v) is 3.97. The molecule has 0 bridgehead atoms. The minimum absolute atomic E-state index is 0.0969. The highest BCUT2D eigenvalue weighted by Gasteiger charge is 2.29. The van der Waals surface area contributed by atoms with Gasteiger partial charge in [0.15, 0.2) is 17.3 Å². The summed E-state index contributed by atoms with van der Waals surface area (Å²) in [5, 5.41) is 0.348. The number of piperidine rings is 1. The van der Waals surface area contributed by atoms with Gasteiger partial charge in [0.25, 0.3) is 5.91 Å². The molecule has 0 radical (unpaired) electrons. The summed E-state index contributed by atoms with van der Waals surface area (Å²) < 4.78 is 16.2. The Morgan fingerprint density at radius 2 is 1.71 bits per heavy atom. The molecule has 2 aromatic rings. The Kier molecular flexibility index (Phi) is 7.80. The van der Waals surface area contributed by atoms with Crippen LogP contribution in [0.5, 0.6) is 17.2 Å². The third-order valence-corrected chi connectivity index (χ3v) is 5.74. The molecule has 1 aliphatic heterocycles. The number of hydrogen-bond acceptors (Lipinski definition) is 5. The number of hydrogen-bond donors (Lipinski definition) is 0. The van der Waals surface area contributed by atoms with Crippen molar-refractivity contribution < 1.29 is 23.8 Å². The monoisotopic (exact) mass is 445 g/mol. The number of rotatable bonds is 8. The van der Waals surface area contributed by atoms with Gasteiger partial charge in [0, 0.05) is 30.1 Å². The van der Waals surface area contributed by atoms with Crippen molar-refractivity contribution in [3.05, 3.63) is 52.5 Å². The first-order chi connectivity index (χ1) is 15.0. The highest BCUT2D eigenvalue weighted by Crippen LogP contribution is 2.37. The lowest BCUT2D eigenvalue weighted by Crippen LogP contribution is -2.40. The molecule has 0 unspecified atom stereocenters. The van der Waals surface area contributed by atoms with Crippen LogP contribution in [0, 0.1) is 5.92 Å². The molecule has 1 heterocycles. The maximum absolute atomic E-state index is 13.0. The van der Waals surface area contributed by atoms with Crippen LogP contribution in [0.2, 0.25) is 5.02 Å². The van der Waals surface area contributed by atoms with Crippen molar-refractivity contribution in [2.75, 3.05) is 33.9 Å². The van der Waals surface area contributed by atoms with Crippen molar-refractivity contribution in [3.8, 4) is 17.2 Å². The minimum Gasteiger partial charge on any atom is -0.497 e. The zero-order valence-corrected chi connectivity index (χ0v) is 18.9. The van der Waals surface area contributed by atoms with Gasteiger partial charge in [-0.1, -0.05) is 18.5 Å². The van der Waals surface area contributed by atoms with Crippen LogP contribution in [0.25, 0.3) is 0 Å². The van der Waals surface area contributed by atoms with E-state index in [2.05, 4.69) is 0 Å². The molecule has 0 atom stereocenters. The predicted molar refractivity (Wildman–Crippen MR) is 120 cm³/mol. The van der Waals surface area contributed by atoms with Crippen LogP contribution in [0.1, 0.15) is 46.9 Å². The second-order valence-electron chi connectivity index (χ2n) is 7.50. The molecule has 7 heteroatoms. The Balaban J connectivity index is 1.65. The number of carbonyl (C=O) groups excluding carboxylic acids is 2. The number of halogens is 1. The van der Waals surface area contributed by atoms with E-state index in [1.54, 1.807) is 48.4 Å². The van der Waals surface area contributed by atoms with Crippen molar-refractivity contribution in [2.45, 2.75) is 26.2 Å².